The van der Waals surface area contributed by atoms with Gasteiger partial charge in [-0.15, -0.1) is 21.8 Å². The lowest BCUT2D eigenvalue weighted by molar-refractivity contribution is -0.384. The van der Waals surface area contributed by atoms with E-state index in [1.54, 1.807) is 17.7 Å². The third-order valence-corrected chi connectivity index (χ3v) is 3.05. The minimum absolute atomic E-state index is 0.112. The Morgan fingerprint density at radius 2 is 2.17 bits per heavy atom. The molecule has 0 aliphatic carbocycles. The molecule has 0 radical (unpaired) electrons. The fraction of sp³-hybridized carbons (Fsp3) is 0.200. The largest absolute Gasteiger partial charge is 0.313 e. The first-order valence-electron chi connectivity index (χ1n) is 4.93. The number of halogens is 2. The third kappa shape index (κ3) is 2.04. The zero-order valence-electron chi connectivity index (χ0n) is 9.30. The van der Waals surface area contributed by atoms with Crippen molar-refractivity contribution < 1.29 is 4.92 Å². The number of benzene rings is 1. The van der Waals surface area contributed by atoms with Crippen LogP contribution in [0.15, 0.2) is 18.2 Å². The van der Waals surface area contributed by atoms with Gasteiger partial charge in [-0.2, -0.15) is 0 Å². The molecule has 94 valence electrons. The summed E-state index contributed by atoms with van der Waals surface area (Å²) in [7, 11) is 1.68. The topological polar surface area (TPSA) is 73.8 Å². The molecule has 1 aromatic carbocycles. The van der Waals surface area contributed by atoms with E-state index >= 15 is 0 Å². The number of nitro groups is 1. The van der Waals surface area contributed by atoms with E-state index in [9.17, 15) is 10.1 Å². The summed E-state index contributed by atoms with van der Waals surface area (Å²) in [4.78, 5) is 10.5. The number of nitrogens with zero attached hydrogens (tertiary/aromatic N) is 4. The van der Waals surface area contributed by atoms with Crippen molar-refractivity contribution in [3.05, 3.63) is 39.2 Å². The highest BCUT2D eigenvalue weighted by atomic mass is 35.5. The van der Waals surface area contributed by atoms with Crippen molar-refractivity contribution >= 4 is 28.9 Å². The average Bonchev–Trinajstić information content (AvgIpc) is 2.70. The van der Waals surface area contributed by atoms with Crippen LogP contribution < -0.4 is 0 Å². The van der Waals surface area contributed by atoms with Gasteiger partial charge >= 0.3 is 0 Å². The summed E-state index contributed by atoms with van der Waals surface area (Å²) in [5.41, 5.74) is 0.134. The predicted octanol–water partition coefficient (Wildman–Crippen LogP) is 2.78. The molecule has 2 rings (SSSR count). The second-order valence-corrected chi connectivity index (χ2v) is 4.20. The van der Waals surface area contributed by atoms with Crippen LogP contribution in [0.2, 0.25) is 5.02 Å². The molecule has 2 aromatic rings. The fourth-order valence-corrected chi connectivity index (χ4v) is 2.07. The quantitative estimate of drug-likeness (QED) is 0.494. The molecule has 18 heavy (non-hydrogen) atoms. The normalized spacial score (nSPS) is 10.6. The lowest BCUT2D eigenvalue weighted by Gasteiger charge is -2.05. The average molecular weight is 287 g/mol. The Labute approximate surface area is 112 Å². The number of hydrogen-bond acceptors (Lipinski definition) is 4. The molecule has 0 amide bonds. The highest BCUT2D eigenvalue weighted by Gasteiger charge is 2.23. The van der Waals surface area contributed by atoms with E-state index in [0.29, 0.717) is 11.6 Å². The van der Waals surface area contributed by atoms with Crippen LogP contribution in [0.3, 0.4) is 0 Å². The summed E-state index contributed by atoms with van der Waals surface area (Å²) >= 11 is 11.7. The minimum Gasteiger partial charge on any atom is -0.313 e. The molecular weight excluding hydrogens is 279 g/mol. The fourth-order valence-electron chi connectivity index (χ4n) is 1.58. The van der Waals surface area contributed by atoms with Crippen molar-refractivity contribution in [2.45, 2.75) is 5.88 Å². The highest BCUT2D eigenvalue weighted by Crippen LogP contribution is 2.35. The van der Waals surface area contributed by atoms with E-state index in [1.807, 2.05) is 0 Å². The number of nitro benzene ring substituents is 1. The number of alkyl halides is 1. The van der Waals surface area contributed by atoms with Crippen LogP contribution in [0.25, 0.3) is 11.4 Å². The van der Waals surface area contributed by atoms with Crippen LogP contribution in [0.4, 0.5) is 5.69 Å². The summed E-state index contributed by atoms with van der Waals surface area (Å²) in [6.45, 7) is 0. The molecule has 6 nitrogen and oxygen atoms in total. The zero-order valence-corrected chi connectivity index (χ0v) is 10.8. The Morgan fingerprint density at radius 3 is 2.72 bits per heavy atom. The van der Waals surface area contributed by atoms with E-state index < -0.39 is 4.92 Å². The summed E-state index contributed by atoms with van der Waals surface area (Å²) in [6.07, 6.45) is 0. The van der Waals surface area contributed by atoms with Gasteiger partial charge in [-0.25, -0.2) is 0 Å². The van der Waals surface area contributed by atoms with Gasteiger partial charge in [0.1, 0.15) is 11.4 Å². The van der Waals surface area contributed by atoms with Gasteiger partial charge in [0.25, 0.3) is 5.69 Å². The van der Waals surface area contributed by atoms with Crippen LogP contribution >= 0.6 is 23.2 Å². The number of rotatable bonds is 3. The highest BCUT2D eigenvalue weighted by molar-refractivity contribution is 6.33. The SMILES string of the molecule is Cn1c(CCl)nnc1-c1c(Cl)cccc1[N+](=O)[O-]. The van der Waals surface area contributed by atoms with E-state index in [0.717, 1.165) is 0 Å². The van der Waals surface area contributed by atoms with Crippen molar-refractivity contribution in [3.8, 4) is 11.4 Å². The van der Waals surface area contributed by atoms with Crippen LogP contribution in [0.1, 0.15) is 5.82 Å². The molecule has 0 aliphatic rings. The van der Waals surface area contributed by atoms with Crippen LogP contribution in [-0.2, 0) is 12.9 Å². The Kier molecular flexibility index (Phi) is 3.49. The molecule has 0 bridgehead atoms. The Balaban J connectivity index is 2.70. The van der Waals surface area contributed by atoms with Crippen molar-refractivity contribution in [2.24, 2.45) is 7.05 Å². The molecule has 0 N–H and O–H groups in total. The van der Waals surface area contributed by atoms with Gasteiger partial charge < -0.3 is 4.57 Å². The molecule has 0 saturated heterocycles. The zero-order chi connectivity index (χ0) is 13.3. The van der Waals surface area contributed by atoms with Crippen molar-refractivity contribution in [3.63, 3.8) is 0 Å². The van der Waals surface area contributed by atoms with Gasteiger partial charge in [-0.05, 0) is 6.07 Å². The number of aromatic nitrogens is 3. The van der Waals surface area contributed by atoms with Crippen LogP contribution in [-0.4, -0.2) is 19.7 Å². The second-order valence-electron chi connectivity index (χ2n) is 3.52. The van der Waals surface area contributed by atoms with Crippen molar-refractivity contribution in [1.29, 1.82) is 0 Å². The maximum Gasteiger partial charge on any atom is 0.281 e. The molecule has 0 spiro atoms. The Hall–Kier alpha value is -1.66. The van der Waals surface area contributed by atoms with Gasteiger partial charge in [0.2, 0.25) is 0 Å². The third-order valence-electron chi connectivity index (χ3n) is 2.50. The standard InChI is InChI=1S/C10H8Cl2N4O2/c1-15-8(5-11)13-14-10(15)9-6(12)3-2-4-7(9)16(17)18/h2-4H,5H2,1H3. The molecular formula is C10H8Cl2N4O2. The minimum atomic E-state index is -0.504. The first kappa shape index (κ1) is 12.8. The van der Waals surface area contributed by atoms with E-state index in [4.69, 9.17) is 23.2 Å². The first-order chi connectivity index (χ1) is 8.56. The maximum atomic E-state index is 11.0. The summed E-state index contributed by atoms with van der Waals surface area (Å²) in [6, 6.07) is 4.46. The van der Waals surface area contributed by atoms with Gasteiger partial charge in [0.05, 0.1) is 15.8 Å². The summed E-state index contributed by atoms with van der Waals surface area (Å²) in [5, 5.41) is 19.0. The molecule has 0 fully saturated rings. The molecule has 1 aromatic heterocycles. The lowest BCUT2D eigenvalue weighted by atomic mass is 10.1. The van der Waals surface area contributed by atoms with Crippen molar-refractivity contribution in [2.75, 3.05) is 0 Å². The van der Waals surface area contributed by atoms with E-state index in [-0.39, 0.29) is 22.2 Å². The monoisotopic (exact) mass is 286 g/mol. The molecule has 0 saturated carbocycles. The summed E-state index contributed by atoms with van der Waals surface area (Å²) < 4.78 is 1.58. The Morgan fingerprint density at radius 1 is 1.44 bits per heavy atom. The van der Waals surface area contributed by atoms with Crippen LogP contribution in [0.5, 0.6) is 0 Å². The van der Waals surface area contributed by atoms with Gasteiger partial charge in [0.15, 0.2) is 5.82 Å². The van der Waals surface area contributed by atoms with Gasteiger partial charge in [-0.3, -0.25) is 10.1 Å². The lowest BCUT2D eigenvalue weighted by Crippen LogP contribution is -2.00. The van der Waals surface area contributed by atoms with Crippen molar-refractivity contribution in [1.82, 2.24) is 14.8 Å². The van der Waals surface area contributed by atoms with E-state index in [2.05, 4.69) is 10.2 Å². The Bertz CT molecular complexity index is 612. The molecule has 8 heteroatoms. The first-order valence-corrected chi connectivity index (χ1v) is 5.85. The summed E-state index contributed by atoms with van der Waals surface area (Å²) in [5.74, 6) is 1.01. The van der Waals surface area contributed by atoms with Crippen LogP contribution in [0, 0.1) is 10.1 Å². The van der Waals surface area contributed by atoms with E-state index in [1.165, 1.54) is 12.1 Å². The molecule has 0 unspecified atom stereocenters. The number of hydrogen-bond donors (Lipinski definition) is 0. The van der Waals surface area contributed by atoms with Gasteiger partial charge in [0, 0.05) is 13.1 Å². The predicted molar refractivity (Wildman–Crippen MR) is 67.7 cm³/mol. The van der Waals surface area contributed by atoms with Gasteiger partial charge in [-0.1, -0.05) is 17.7 Å². The smallest absolute Gasteiger partial charge is 0.281 e. The molecule has 0 atom stereocenters. The second kappa shape index (κ2) is 4.91. The maximum absolute atomic E-state index is 11.0. The molecule has 1 heterocycles. The molecule has 0 aliphatic heterocycles.